The van der Waals surface area contributed by atoms with E-state index in [1.165, 1.54) is 90.1 Å². The summed E-state index contributed by atoms with van der Waals surface area (Å²) in [6.07, 6.45) is 16.7. The van der Waals surface area contributed by atoms with Crippen molar-refractivity contribution < 1.29 is 0 Å². The highest BCUT2D eigenvalue weighted by atomic mass is 15.2. The maximum atomic E-state index is 2.86. The van der Waals surface area contributed by atoms with E-state index in [0.717, 1.165) is 5.92 Å². The van der Waals surface area contributed by atoms with Crippen molar-refractivity contribution in [1.29, 1.82) is 0 Å². The molecule has 0 heterocycles. The van der Waals surface area contributed by atoms with Crippen molar-refractivity contribution in [3.8, 4) is 0 Å². The maximum absolute atomic E-state index is 2.86. The van der Waals surface area contributed by atoms with E-state index >= 15 is 0 Å². The van der Waals surface area contributed by atoms with Crippen molar-refractivity contribution in [2.45, 2.75) is 124 Å². The molecule has 0 aliphatic carbocycles. The summed E-state index contributed by atoms with van der Waals surface area (Å²) in [5.41, 5.74) is 0.472. The van der Waals surface area contributed by atoms with Crippen LogP contribution in [0, 0.1) is 5.92 Å². The highest BCUT2D eigenvalue weighted by molar-refractivity contribution is 4.96. The number of hydrogen-bond acceptors (Lipinski definition) is 1. The Morgan fingerprint density at radius 3 is 1.30 bits per heavy atom. The van der Waals surface area contributed by atoms with E-state index < -0.39 is 0 Å². The Morgan fingerprint density at radius 2 is 1.00 bits per heavy atom. The van der Waals surface area contributed by atoms with Crippen molar-refractivity contribution in [2.24, 2.45) is 5.92 Å². The van der Waals surface area contributed by atoms with Crippen molar-refractivity contribution in [1.82, 2.24) is 4.90 Å². The molecule has 0 fully saturated rings. The molecule has 1 heteroatoms. The van der Waals surface area contributed by atoms with Crippen LogP contribution >= 0.6 is 0 Å². The van der Waals surface area contributed by atoms with Crippen molar-refractivity contribution in [3.05, 3.63) is 0 Å². The standard InChI is InChI=1S/C22H47N/c1-7-13-17-21(18-14-8-2)22(19-15-9-3,20-16-10-4)23(11-5)12-6/h21H,7-20H2,1-6H3. The summed E-state index contributed by atoms with van der Waals surface area (Å²) in [6, 6.07) is 0. The third-order valence-electron chi connectivity index (χ3n) is 5.89. The summed E-state index contributed by atoms with van der Waals surface area (Å²) in [5, 5.41) is 0. The zero-order valence-corrected chi connectivity index (χ0v) is 17.4. The lowest BCUT2D eigenvalue weighted by atomic mass is 9.70. The number of rotatable bonds is 16. The minimum absolute atomic E-state index is 0.472. The lowest BCUT2D eigenvalue weighted by Gasteiger charge is -2.50. The van der Waals surface area contributed by atoms with E-state index in [-0.39, 0.29) is 0 Å². The van der Waals surface area contributed by atoms with Gasteiger partial charge in [0.2, 0.25) is 0 Å². The average Bonchev–Trinajstić information content (AvgIpc) is 2.58. The SMILES string of the molecule is CCCCC(CCCC)C(CCCC)(CCCC)N(CC)CC. The third-order valence-corrected chi connectivity index (χ3v) is 5.89. The average molecular weight is 326 g/mol. The van der Waals surface area contributed by atoms with Gasteiger partial charge in [-0.3, -0.25) is 4.90 Å². The van der Waals surface area contributed by atoms with E-state index in [0.29, 0.717) is 5.54 Å². The Hall–Kier alpha value is -0.0400. The second-order valence-electron chi connectivity index (χ2n) is 7.46. The maximum Gasteiger partial charge on any atom is 0.0237 e. The number of nitrogens with zero attached hydrogens (tertiary/aromatic N) is 1. The van der Waals surface area contributed by atoms with Gasteiger partial charge >= 0.3 is 0 Å². The Balaban J connectivity index is 5.51. The number of unbranched alkanes of at least 4 members (excludes halogenated alkanes) is 4. The van der Waals surface area contributed by atoms with E-state index in [2.05, 4.69) is 46.4 Å². The van der Waals surface area contributed by atoms with Crippen LogP contribution in [0.1, 0.15) is 119 Å². The summed E-state index contributed by atoms with van der Waals surface area (Å²) in [7, 11) is 0. The molecule has 0 rings (SSSR count). The fourth-order valence-corrected chi connectivity index (χ4v) is 4.51. The van der Waals surface area contributed by atoms with Gasteiger partial charge in [0.1, 0.15) is 0 Å². The van der Waals surface area contributed by atoms with Crippen LogP contribution in [-0.2, 0) is 0 Å². The van der Waals surface area contributed by atoms with Crippen LogP contribution < -0.4 is 0 Å². The molecule has 0 aliphatic rings. The van der Waals surface area contributed by atoms with Gasteiger partial charge in [-0.25, -0.2) is 0 Å². The van der Waals surface area contributed by atoms with Crippen LogP contribution in [0.25, 0.3) is 0 Å². The van der Waals surface area contributed by atoms with Crippen LogP contribution in [0.4, 0.5) is 0 Å². The molecule has 0 spiro atoms. The Kier molecular flexibility index (Phi) is 14.3. The molecule has 0 saturated carbocycles. The molecular weight excluding hydrogens is 278 g/mol. The molecular formula is C22H47N. The molecule has 0 bridgehead atoms. The van der Waals surface area contributed by atoms with Gasteiger partial charge in [-0.1, -0.05) is 92.9 Å². The van der Waals surface area contributed by atoms with E-state index in [4.69, 9.17) is 0 Å². The van der Waals surface area contributed by atoms with E-state index in [1.807, 2.05) is 0 Å². The molecule has 1 nitrogen and oxygen atoms in total. The first-order valence-electron chi connectivity index (χ1n) is 10.9. The van der Waals surface area contributed by atoms with E-state index in [9.17, 15) is 0 Å². The van der Waals surface area contributed by atoms with Gasteiger partial charge < -0.3 is 0 Å². The predicted molar refractivity (Wildman–Crippen MR) is 107 cm³/mol. The first-order chi connectivity index (χ1) is 11.2. The molecule has 0 radical (unpaired) electrons. The molecule has 140 valence electrons. The first-order valence-corrected chi connectivity index (χ1v) is 10.9. The molecule has 0 N–H and O–H groups in total. The summed E-state index contributed by atoms with van der Waals surface area (Å²) in [5.74, 6) is 0.903. The molecule has 0 saturated heterocycles. The first kappa shape index (κ1) is 23.0. The monoisotopic (exact) mass is 325 g/mol. The molecule has 0 aliphatic heterocycles. The third kappa shape index (κ3) is 7.59. The largest absolute Gasteiger partial charge is 0.298 e. The summed E-state index contributed by atoms with van der Waals surface area (Å²) in [4.78, 5) is 2.86. The highest BCUT2D eigenvalue weighted by Gasteiger charge is 2.40. The van der Waals surface area contributed by atoms with Crippen molar-refractivity contribution in [2.75, 3.05) is 13.1 Å². The van der Waals surface area contributed by atoms with Crippen molar-refractivity contribution in [3.63, 3.8) is 0 Å². The quantitative estimate of drug-likeness (QED) is 0.285. The van der Waals surface area contributed by atoms with Gasteiger partial charge in [-0.2, -0.15) is 0 Å². The predicted octanol–water partition coefficient (Wildman–Crippen LogP) is 7.44. The molecule has 0 aromatic heterocycles. The second-order valence-corrected chi connectivity index (χ2v) is 7.46. The summed E-state index contributed by atoms with van der Waals surface area (Å²) >= 11 is 0. The van der Waals surface area contributed by atoms with Crippen molar-refractivity contribution >= 4 is 0 Å². The molecule has 23 heavy (non-hydrogen) atoms. The van der Waals surface area contributed by atoms with E-state index in [1.54, 1.807) is 0 Å². The van der Waals surface area contributed by atoms with Crippen LogP contribution in [0.3, 0.4) is 0 Å². The molecule has 0 amide bonds. The van der Waals surface area contributed by atoms with Gasteiger partial charge in [-0.05, 0) is 44.7 Å². The Morgan fingerprint density at radius 1 is 0.609 bits per heavy atom. The smallest absolute Gasteiger partial charge is 0.0237 e. The topological polar surface area (TPSA) is 3.24 Å². The normalized spacial score (nSPS) is 12.5. The zero-order chi connectivity index (χ0) is 17.6. The van der Waals surface area contributed by atoms with Crippen LogP contribution in [0.15, 0.2) is 0 Å². The fraction of sp³-hybridized carbons (Fsp3) is 1.00. The lowest BCUT2D eigenvalue weighted by Crippen LogP contribution is -2.54. The Bertz CT molecular complexity index is 228. The van der Waals surface area contributed by atoms with Gasteiger partial charge in [0, 0.05) is 5.54 Å². The summed E-state index contributed by atoms with van der Waals surface area (Å²) in [6.45, 7) is 16.6. The van der Waals surface area contributed by atoms with Gasteiger partial charge in [0.05, 0.1) is 0 Å². The highest BCUT2D eigenvalue weighted by Crippen LogP contribution is 2.41. The molecule has 0 aromatic rings. The molecule has 0 atom stereocenters. The minimum Gasteiger partial charge on any atom is -0.298 e. The van der Waals surface area contributed by atoms with Gasteiger partial charge in [0.25, 0.3) is 0 Å². The Labute approximate surface area is 148 Å². The number of hydrogen-bond donors (Lipinski definition) is 0. The lowest BCUT2D eigenvalue weighted by molar-refractivity contribution is 0.00895. The minimum atomic E-state index is 0.472. The van der Waals surface area contributed by atoms with Crippen LogP contribution in [0.2, 0.25) is 0 Å². The molecule has 0 aromatic carbocycles. The van der Waals surface area contributed by atoms with Gasteiger partial charge in [-0.15, -0.1) is 0 Å². The zero-order valence-electron chi connectivity index (χ0n) is 17.4. The molecule has 0 unspecified atom stereocenters. The van der Waals surface area contributed by atoms with Crippen LogP contribution in [-0.4, -0.2) is 23.5 Å². The van der Waals surface area contributed by atoms with Crippen LogP contribution in [0.5, 0.6) is 0 Å². The second kappa shape index (κ2) is 14.3. The van der Waals surface area contributed by atoms with Gasteiger partial charge in [0.15, 0.2) is 0 Å². The fourth-order valence-electron chi connectivity index (χ4n) is 4.51. The summed E-state index contributed by atoms with van der Waals surface area (Å²) < 4.78 is 0.